The van der Waals surface area contributed by atoms with Crippen molar-refractivity contribution in [2.24, 2.45) is 0 Å². The Morgan fingerprint density at radius 1 is 0.725 bits per heavy atom. The van der Waals surface area contributed by atoms with Crippen LogP contribution in [0.2, 0.25) is 0 Å². The van der Waals surface area contributed by atoms with Gasteiger partial charge in [-0.25, -0.2) is 9.59 Å². The van der Waals surface area contributed by atoms with E-state index in [1.54, 1.807) is 0 Å². The fourth-order valence-electron chi connectivity index (χ4n) is 4.13. The quantitative estimate of drug-likeness (QED) is 0.138. The molecule has 0 aromatic heterocycles. The first-order valence-electron chi connectivity index (χ1n) is 11.2. The largest absolute Gasteiger partial charge is 0.478 e. The van der Waals surface area contributed by atoms with Crippen molar-refractivity contribution < 1.29 is 45.8 Å². The number of urea groups is 1. The highest BCUT2D eigenvalue weighted by Crippen LogP contribution is 2.42. The molecule has 17 heteroatoms. The third-order valence-corrected chi connectivity index (χ3v) is 10.7. The van der Waals surface area contributed by atoms with Gasteiger partial charge >= 0.3 is 24.4 Å². The maximum Gasteiger partial charge on any atom is 0.416 e. The SMILES string of the molecule is O=C(Nc1cc(C(F)(F)F)cc(C(F)(F)F)c1)N[C@@H]1CCCC[C@H]1NC(=O)c1c(Br)c(Br)c(Br)c(Br)c1C(=O)O. The third-order valence-electron chi connectivity index (χ3n) is 5.95. The van der Waals surface area contributed by atoms with Gasteiger partial charge in [-0.1, -0.05) is 12.8 Å². The first-order valence-corrected chi connectivity index (χ1v) is 14.4. The lowest BCUT2D eigenvalue weighted by Gasteiger charge is -2.33. The standard InChI is InChI=1S/C23H17Br4F6N3O4/c24-15-13(14(20(38)39)16(25)18(27)17(15)26)19(37)35-11-3-1-2-4-12(11)36-21(40)34-10-6-8(22(28,29)30)5-9(7-10)23(31,32)33/h5-7,11-12H,1-4H2,(H,35,37)(H,38,39)(H2,34,36,40)/t11-,12-/m1/s1. The van der Waals surface area contributed by atoms with Crippen molar-refractivity contribution >= 4 is 87.3 Å². The number of carboxylic acids is 1. The minimum Gasteiger partial charge on any atom is -0.478 e. The molecule has 2 atom stereocenters. The summed E-state index contributed by atoms with van der Waals surface area (Å²) >= 11 is 12.9. The monoisotopic (exact) mass is 829 g/mol. The molecule has 1 saturated carbocycles. The summed E-state index contributed by atoms with van der Waals surface area (Å²) in [5.41, 5.74) is -4.47. The number of alkyl halides is 6. The van der Waals surface area contributed by atoms with Crippen LogP contribution in [0.3, 0.4) is 0 Å². The summed E-state index contributed by atoms with van der Waals surface area (Å²) in [5, 5.41) is 16.9. The predicted molar refractivity (Wildman–Crippen MR) is 146 cm³/mol. The average Bonchev–Trinajstić information content (AvgIpc) is 2.84. The van der Waals surface area contributed by atoms with E-state index in [0.717, 1.165) is 0 Å². The molecule has 40 heavy (non-hydrogen) atoms. The zero-order chi connectivity index (χ0) is 30.2. The number of carbonyl (C=O) groups is 3. The lowest BCUT2D eigenvalue weighted by molar-refractivity contribution is -0.143. The molecule has 0 aliphatic heterocycles. The van der Waals surface area contributed by atoms with Crippen LogP contribution in [0.1, 0.15) is 57.5 Å². The number of hydrogen-bond acceptors (Lipinski definition) is 3. The number of hydrogen-bond donors (Lipinski definition) is 4. The van der Waals surface area contributed by atoms with Gasteiger partial charge in [0.1, 0.15) is 0 Å². The van der Waals surface area contributed by atoms with E-state index in [4.69, 9.17) is 0 Å². The number of carboxylic acid groups (broad SMARTS) is 1. The Hall–Kier alpha value is -1.85. The fraction of sp³-hybridized carbons (Fsp3) is 0.348. The number of rotatable bonds is 5. The van der Waals surface area contributed by atoms with Crippen LogP contribution in [0, 0.1) is 0 Å². The molecule has 218 valence electrons. The Bertz CT molecular complexity index is 1320. The van der Waals surface area contributed by atoms with Gasteiger partial charge in [0.15, 0.2) is 0 Å². The molecule has 7 nitrogen and oxygen atoms in total. The smallest absolute Gasteiger partial charge is 0.416 e. The van der Waals surface area contributed by atoms with Crippen molar-refractivity contribution in [1.29, 1.82) is 0 Å². The summed E-state index contributed by atoms with van der Waals surface area (Å²) in [4.78, 5) is 37.8. The number of nitrogens with one attached hydrogen (secondary N) is 3. The number of carbonyl (C=O) groups excluding carboxylic acids is 2. The van der Waals surface area contributed by atoms with E-state index in [-0.39, 0.29) is 26.1 Å². The molecule has 1 aliphatic rings. The summed E-state index contributed by atoms with van der Waals surface area (Å²) in [6.45, 7) is 0. The van der Waals surface area contributed by atoms with Crippen molar-refractivity contribution in [3.63, 3.8) is 0 Å². The Morgan fingerprint density at radius 2 is 1.18 bits per heavy atom. The highest BCUT2D eigenvalue weighted by atomic mass is 79.9. The fourth-order valence-corrected chi connectivity index (χ4v) is 6.59. The molecular weight excluding hydrogens is 816 g/mol. The molecule has 0 radical (unpaired) electrons. The van der Waals surface area contributed by atoms with E-state index >= 15 is 0 Å². The van der Waals surface area contributed by atoms with Crippen LogP contribution in [0.25, 0.3) is 0 Å². The summed E-state index contributed by atoms with van der Waals surface area (Å²) in [6.07, 6.45) is -8.25. The van der Waals surface area contributed by atoms with Gasteiger partial charge in [0.25, 0.3) is 5.91 Å². The zero-order valence-electron chi connectivity index (χ0n) is 19.7. The molecule has 1 fully saturated rings. The van der Waals surface area contributed by atoms with Crippen LogP contribution in [0.4, 0.5) is 36.8 Å². The number of halogens is 10. The molecule has 3 amide bonds. The molecule has 3 rings (SSSR count). The van der Waals surface area contributed by atoms with Crippen molar-refractivity contribution in [2.45, 2.75) is 50.1 Å². The normalized spacial score (nSPS) is 17.8. The molecule has 0 unspecified atom stereocenters. The van der Waals surface area contributed by atoms with Crippen LogP contribution in [0.15, 0.2) is 36.1 Å². The van der Waals surface area contributed by atoms with E-state index in [1.807, 2.05) is 5.32 Å². The first-order chi connectivity index (χ1) is 18.4. The number of aromatic carboxylic acids is 1. The molecule has 0 bridgehead atoms. The molecular formula is C23H17Br4F6N3O4. The van der Waals surface area contributed by atoms with Gasteiger partial charge in [0.2, 0.25) is 0 Å². The lowest BCUT2D eigenvalue weighted by atomic mass is 9.90. The van der Waals surface area contributed by atoms with Crippen LogP contribution in [-0.2, 0) is 12.4 Å². The summed E-state index contributed by atoms with van der Waals surface area (Å²) in [5.74, 6) is -2.19. The zero-order valence-corrected chi connectivity index (χ0v) is 26.0. The molecule has 0 heterocycles. The second kappa shape index (κ2) is 12.6. The first kappa shape index (κ1) is 32.7. The Labute approximate surface area is 256 Å². The van der Waals surface area contributed by atoms with Crippen molar-refractivity contribution in [3.8, 4) is 0 Å². The van der Waals surface area contributed by atoms with E-state index in [2.05, 4.69) is 74.4 Å². The van der Waals surface area contributed by atoms with E-state index in [1.165, 1.54) is 0 Å². The minimum atomic E-state index is -5.09. The van der Waals surface area contributed by atoms with Gasteiger partial charge in [-0.05, 0) is 94.8 Å². The van der Waals surface area contributed by atoms with Gasteiger partial charge in [-0.3, -0.25) is 4.79 Å². The topological polar surface area (TPSA) is 108 Å². The molecule has 2 aromatic rings. The number of benzene rings is 2. The Balaban J connectivity index is 1.83. The Morgan fingerprint density at radius 3 is 1.62 bits per heavy atom. The van der Waals surface area contributed by atoms with Crippen LogP contribution in [-0.4, -0.2) is 35.1 Å². The number of anilines is 1. The molecule has 0 saturated heterocycles. The van der Waals surface area contributed by atoms with Gasteiger partial charge < -0.3 is 21.1 Å². The maximum atomic E-state index is 13.3. The highest BCUT2D eigenvalue weighted by molar-refractivity contribution is 9.15. The molecule has 1 aliphatic carbocycles. The van der Waals surface area contributed by atoms with Gasteiger partial charge in [-0.15, -0.1) is 0 Å². The summed E-state index contributed by atoms with van der Waals surface area (Å²) in [6, 6.07) is -1.88. The second-order valence-electron chi connectivity index (χ2n) is 8.68. The molecule has 2 aromatic carbocycles. The van der Waals surface area contributed by atoms with Crippen molar-refractivity contribution in [2.75, 3.05) is 5.32 Å². The van der Waals surface area contributed by atoms with E-state index in [0.29, 0.717) is 46.8 Å². The Kier molecular flexibility index (Phi) is 10.3. The van der Waals surface area contributed by atoms with E-state index in [9.17, 15) is 45.8 Å². The predicted octanol–water partition coefficient (Wildman–Crippen LogP) is 8.34. The van der Waals surface area contributed by atoms with Crippen LogP contribution < -0.4 is 16.0 Å². The second-order valence-corrected chi connectivity index (χ2v) is 11.8. The maximum absolute atomic E-state index is 13.3. The van der Waals surface area contributed by atoms with Crippen molar-refractivity contribution in [3.05, 3.63) is 58.3 Å². The molecule has 4 N–H and O–H groups in total. The van der Waals surface area contributed by atoms with Gasteiger partial charge in [0.05, 0.1) is 28.3 Å². The minimum absolute atomic E-state index is 0.0574. The molecule has 0 spiro atoms. The van der Waals surface area contributed by atoms with E-state index < -0.39 is 59.2 Å². The highest BCUT2D eigenvalue weighted by Gasteiger charge is 2.37. The average molecular weight is 833 g/mol. The number of amides is 3. The summed E-state index contributed by atoms with van der Waals surface area (Å²) in [7, 11) is 0. The van der Waals surface area contributed by atoms with Gasteiger partial charge in [0, 0.05) is 29.6 Å². The third kappa shape index (κ3) is 7.50. The van der Waals surface area contributed by atoms with Crippen molar-refractivity contribution in [1.82, 2.24) is 10.6 Å². The lowest BCUT2D eigenvalue weighted by Crippen LogP contribution is -2.54. The van der Waals surface area contributed by atoms with Gasteiger partial charge in [-0.2, -0.15) is 26.3 Å². The summed E-state index contributed by atoms with van der Waals surface area (Å²) < 4.78 is 79.8. The van der Waals surface area contributed by atoms with Crippen LogP contribution in [0.5, 0.6) is 0 Å². The van der Waals surface area contributed by atoms with Crippen LogP contribution >= 0.6 is 63.7 Å².